The van der Waals surface area contributed by atoms with Gasteiger partial charge in [0.15, 0.2) is 17.3 Å². The first-order valence-electron chi connectivity index (χ1n) is 6.28. The van der Waals surface area contributed by atoms with Gasteiger partial charge in [-0.15, -0.1) is 11.8 Å². The smallest absolute Gasteiger partial charge is 0.174 e. The highest BCUT2D eigenvalue weighted by Gasteiger charge is 2.11. The van der Waals surface area contributed by atoms with Crippen molar-refractivity contribution in [3.05, 3.63) is 51.6 Å². The van der Waals surface area contributed by atoms with Gasteiger partial charge in [0.1, 0.15) is 0 Å². The van der Waals surface area contributed by atoms with Crippen molar-refractivity contribution in [1.29, 1.82) is 0 Å². The average molecular weight is 414 g/mol. The number of ketones is 1. The fourth-order valence-corrected chi connectivity index (χ4v) is 3.32. The molecule has 0 amide bonds. The van der Waals surface area contributed by atoms with Gasteiger partial charge < -0.3 is 9.47 Å². The molecule has 2 aromatic carbocycles. The highest BCUT2D eigenvalue weighted by Crippen LogP contribution is 2.32. The zero-order chi connectivity index (χ0) is 15.2. The SMILES string of the molecule is COc1ccc(SCC(=O)c2ccccc2I)cc1OC. The van der Waals surface area contributed by atoms with Crippen LogP contribution in [0.5, 0.6) is 11.5 Å². The minimum Gasteiger partial charge on any atom is -0.493 e. The van der Waals surface area contributed by atoms with Gasteiger partial charge in [-0.1, -0.05) is 18.2 Å². The lowest BCUT2D eigenvalue weighted by Gasteiger charge is -2.09. The van der Waals surface area contributed by atoms with E-state index >= 15 is 0 Å². The van der Waals surface area contributed by atoms with Crippen LogP contribution in [-0.4, -0.2) is 25.8 Å². The summed E-state index contributed by atoms with van der Waals surface area (Å²) < 4.78 is 11.4. The number of methoxy groups -OCH3 is 2. The Kier molecular flexibility index (Phi) is 5.93. The number of ether oxygens (including phenoxy) is 2. The number of carbonyl (C=O) groups excluding carboxylic acids is 1. The maximum absolute atomic E-state index is 12.2. The molecule has 110 valence electrons. The van der Waals surface area contributed by atoms with Crippen LogP contribution in [0.15, 0.2) is 47.4 Å². The predicted molar refractivity (Wildman–Crippen MR) is 93.8 cm³/mol. The van der Waals surface area contributed by atoms with E-state index < -0.39 is 0 Å². The number of hydrogen-bond acceptors (Lipinski definition) is 4. The summed E-state index contributed by atoms with van der Waals surface area (Å²) in [6.07, 6.45) is 0. The Morgan fingerprint density at radius 2 is 1.81 bits per heavy atom. The third kappa shape index (κ3) is 4.14. The van der Waals surface area contributed by atoms with Gasteiger partial charge in [-0.05, 0) is 46.9 Å². The molecule has 0 aliphatic rings. The molecule has 0 unspecified atom stereocenters. The molecule has 21 heavy (non-hydrogen) atoms. The monoisotopic (exact) mass is 414 g/mol. The van der Waals surface area contributed by atoms with Crippen LogP contribution >= 0.6 is 34.4 Å². The largest absolute Gasteiger partial charge is 0.493 e. The van der Waals surface area contributed by atoms with Gasteiger partial charge in [0.25, 0.3) is 0 Å². The van der Waals surface area contributed by atoms with Crippen molar-refractivity contribution in [3.63, 3.8) is 0 Å². The second-order valence-corrected chi connectivity index (χ2v) is 6.42. The number of halogens is 1. The molecule has 0 saturated carbocycles. The highest BCUT2D eigenvalue weighted by atomic mass is 127. The average Bonchev–Trinajstić information content (AvgIpc) is 2.52. The lowest BCUT2D eigenvalue weighted by molar-refractivity contribution is 0.102. The summed E-state index contributed by atoms with van der Waals surface area (Å²) in [5.74, 6) is 1.88. The van der Waals surface area contributed by atoms with Crippen molar-refractivity contribution >= 4 is 40.1 Å². The molecule has 0 saturated heterocycles. The molecule has 0 aliphatic carbocycles. The first-order chi connectivity index (χ1) is 10.2. The van der Waals surface area contributed by atoms with E-state index in [9.17, 15) is 4.79 Å². The molecule has 0 bridgehead atoms. The molecule has 0 N–H and O–H groups in total. The van der Waals surface area contributed by atoms with Crippen molar-refractivity contribution in [2.75, 3.05) is 20.0 Å². The number of carbonyl (C=O) groups is 1. The van der Waals surface area contributed by atoms with Crippen molar-refractivity contribution in [2.24, 2.45) is 0 Å². The molecule has 0 atom stereocenters. The van der Waals surface area contributed by atoms with Gasteiger partial charge >= 0.3 is 0 Å². The zero-order valence-corrected chi connectivity index (χ0v) is 14.7. The van der Waals surface area contributed by atoms with Crippen LogP contribution in [0.25, 0.3) is 0 Å². The fourth-order valence-electron chi connectivity index (χ4n) is 1.82. The summed E-state index contributed by atoms with van der Waals surface area (Å²) in [4.78, 5) is 13.2. The minimum absolute atomic E-state index is 0.125. The Balaban J connectivity index is 2.06. The Labute approximate surface area is 142 Å². The predicted octanol–water partition coefficient (Wildman–Crippen LogP) is 4.28. The Morgan fingerprint density at radius 3 is 2.48 bits per heavy atom. The van der Waals surface area contributed by atoms with Crippen LogP contribution in [0.1, 0.15) is 10.4 Å². The maximum atomic E-state index is 12.2. The van der Waals surface area contributed by atoms with Gasteiger partial charge in [-0.25, -0.2) is 0 Å². The molecule has 2 aromatic rings. The maximum Gasteiger partial charge on any atom is 0.174 e. The lowest BCUT2D eigenvalue weighted by atomic mass is 10.2. The zero-order valence-electron chi connectivity index (χ0n) is 11.8. The summed E-state index contributed by atoms with van der Waals surface area (Å²) in [5, 5.41) is 0. The molecule has 0 spiro atoms. The van der Waals surface area contributed by atoms with Crippen LogP contribution in [0.3, 0.4) is 0 Å². The Morgan fingerprint density at radius 1 is 1.10 bits per heavy atom. The number of hydrogen-bond donors (Lipinski definition) is 0. The van der Waals surface area contributed by atoms with Crippen LogP contribution in [0.4, 0.5) is 0 Å². The number of thioether (sulfide) groups is 1. The molecular weight excluding hydrogens is 399 g/mol. The quantitative estimate of drug-likeness (QED) is 0.402. The van der Waals surface area contributed by atoms with E-state index in [4.69, 9.17) is 9.47 Å². The summed E-state index contributed by atoms with van der Waals surface area (Å²) in [6, 6.07) is 13.3. The number of benzene rings is 2. The standard InChI is InChI=1S/C16H15IO3S/c1-19-15-8-7-11(9-16(15)20-2)21-10-14(18)12-5-3-4-6-13(12)17/h3-9H,10H2,1-2H3. The van der Waals surface area contributed by atoms with E-state index in [1.807, 2.05) is 42.5 Å². The van der Waals surface area contributed by atoms with Gasteiger partial charge in [-0.2, -0.15) is 0 Å². The van der Waals surface area contributed by atoms with Crippen molar-refractivity contribution < 1.29 is 14.3 Å². The second kappa shape index (κ2) is 7.70. The van der Waals surface area contributed by atoms with E-state index in [0.29, 0.717) is 17.3 Å². The second-order valence-electron chi connectivity index (χ2n) is 4.21. The topological polar surface area (TPSA) is 35.5 Å². The summed E-state index contributed by atoms with van der Waals surface area (Å²) in [7, 11) is 3.20. The van der Waals surface area contributed by atoms with Crippen molar-refractivity contribution in [1.82, 2.24) is 0 Å². The van der Waals surface area contributed by atoms with Gasteiger partial charge in [0.2, 0.25) is 0 Å². The normalized spacial score (nSPS) is 10.2. The Hall–Kier alpha value is -1.21. The van der Waals surface area contributed by atoms with Crippen LogP contribution < -0.4 is 9.47 Å². The molecular formula is C16H15IO3S. The highest BCUT2D eigenvalue weighted by molar-refractivity contribution is 14.1. The molecule has 2 rings (SSSR count). The van der Waals surface area contributed by atoms with Crippen LogP contribution in [-0.2, 0) is 0 Å². The van der Waals surface area contributed by atoms with Gasteiger partial charge in [0, 0.05) is 14.0 Å². The Bertz CT molecular complexity index is 643. The van der Waals surface area contributed by atoms with E-state index in [2.05, 4.69) is 22.6 Å². The summed E-state index contributed by atoms with van der Waals surface area (Å²) >= 11 is 3.68. The molecule has 0 aromatic heterocycles. The number of Topliss-reactive ketones (excluding diaryl/α,β-unsaturated/α-hetero) is 1. The molecule has 0 fully saturated rings. The summed E-state index contributed by atoms with van der Waals surface area (Å²) in [6.45, 7) is 0. The fraction of sp³-hybridized carbons (Fsp3) is 0.188. The van der Waals surface area contributed by atoms with Gasteiger partial charge in [0.05, 0.1) is 20.0 Å². The first-order valence-corrected chi connectivity index (χ1v) is 8.34. The van der Waals surface area contributed by atoms with E-state index in [0.717, 1.165) is 14.0 Å². The third-order valence-corrected chi connectivity index (χ3v) is 4.83. The van der Waals surface area contributed by atoms with Crippen molar-refractivity contribution in [2.45, 2.75) is 4.90 Å². The molecule has 0 aliphatic heterocycles. The third-order valence-electron chi connectivity index (χ3n) is 2.90. The van der Waals surface area contributed by atoms with E-state index in [-0.39, 0.29) is 5.78 Å². The van der Waals surface area contributed by atoms with Crippen LogP contribution in [0, 0.1) is 3.57 Å². The molecule has 0 radical (unpaired) electrons. The van der Waals surface area contributed by atoms with E-state index in [1.165, 1.54) is 11.8 Å². The molecule has 3 nitrogen and oxygen atoms in total. The minimum atomic E-state index is 0.125. The molecule has 5 heteroatoms. The van der Waals surface area contributed by atoms with Gasteiger partial charge in [-0.3, -0.25) is 4.79 Å². The lowest BCUT2D eigenvalue weighted by Crippen LogP contribution is -2.04. The molecule has 0 heterocycles. The summed E-state index contributed by atoms with van der Waals surface area (Å²) in [5.41, 5.74) is 0.770. The van der Waals surface area contributed by atoms with Crippen molar-refractivity contribution in [3.8, 4) is 11.5 Å². The first kappa shape index (κ1) is 16.2. The number of rotatable bonds is 6. The van der Waals surface area contributed by atoms with E-state index in [1.54, 1.807) is 14.2 Å². The van der Waals surface area contributed by atoms with Crippen LogP contribution in [0.2, 0.25) is 0 Å².